The normalized spacial score (nSPS) is 11.8. The molecule has 0 saturated heterocycles. The van der Waals surface area contributed by atoms with E-state index in [2.05, 4.69) is 35.7 Å². The number of nitrogens with zero attached hydrogens (tertiary/aromatic N) is 1. The van der Waals surface area contributed by atoms with Gasteiger partial charge in [-0.15, -0.1) is 24.0 Å². The standard InChI is InChI=1S/C14H22ClN3S.HI/c1-14(2,19-4)10-18-13(16-3)17-9-11-7-5-6-8-12(11)15;/h5-8H,9-10H2,1-4H3,(H2,16,17,18);1H. The summed E-state index contributed by atoms with van der Waals surface area (Å²) >= 11 is 7.95. The van der Waals surface area contributed by atoms with Crippen LogP contribution in [-0.2, 0) is 6.54 Å². The number of hydrogen-bond donors (Lipinski definition) is 2. The smallest absolute Gasteiger partial charge is 0.191 e. The summed E-state index contributed by atoms with van der Waals surface area (Å²) in [5.41, 5.74) is 1.07. The highest BCUT2D eigenvalue weighted by molar-refractivity contribution is 14.0. The molecule has 0 fully saturated rings. The van der Waals surface area contributed by atoms with Crippen molar-refractivity contribution in [1.82, 2.24) is 10.6 Å². The van der Waals surface area contributed by atoms with Gasteiger partial charge in [-0.25, -0.2) is 0 Å². The maximum Gasteiger partial charge on any atom is 0.191 e. The summed E-state index contributed by atoms with van der Waals surface area (Å²) in [5, 5.41) is 7.37. The second-order valence-electron chi connectivity index (χ2n) is 4.83. The average Bonchev–Trinajstić information content (AvgIpc) is 2.41. The fourth-order valence-electron chi connectivity index (χ4n) is 1.41. The molecule has 0 radical (unpaired) electrons. The molecule has 1 aromatic rings. The van der Waals surface area contributed by atoms with Gasteiger partial charge in [0.25, 0.3) is 0 Å². The first-order valence-electron chi connectivity index (χ1n) is 6.21. The minimum Gasteiger partial charge on any atom is -0.355 e. The van der Waals surface area contributed by atoms with Crippen molar-refractivity contribution < 1.29 is 0 Å². The maximum absolute atomic E-state index is 6.12. The van der Waals surface area contributed by atoms with Gasteiger partial charge in [-0.1, -0.05) is 29.8 Å². The summed E-state index contributed by atoms with van der Waals surface area (Å²) in [7, 11) is 1.77. The number of halogens is 2. The molecule has 0 heterocycles. The van der Waals surface area contributed by atoms with Crippen LogP contribution in [0.2, 0.25) is 5.02 Å². The van der Waals surface area contributed by atoms with Crippen molar-refractivity contribution in [2.24, 2.45) is 4.99 Å². The van der Waals surface area contributed by atoms with Gasteiger partial charge in [-0.3, -0.25) is 4.99 Å². The Balaban J connectivity index is 0.00000361. The Morgan fingerprint density at radius 1 is 1.30 bits per heavy atom. The fraction of sp³-hybridized carbons (Fsp3) is 0.500. The molecule has 0 unspecified atom stereocenters. The molecule has 0 saturated carbocycles. The van der Waals surface area contributed by atoms with E-state index in [4.69, 9.17) is 11.6 Å². The van der Waals surface area contributed by atoms with Crippen molar-refractivity contribution in [1.29, 1.82) is 0 Å². The molecule has 20 heavy (non-hydrogen) atoms. The summed E-state index contributed by atoms with van der Waals surface area (Å²) in [4.78, 5) is 4.21. The topological polar surface area (TPSA) is 36.4 Å². The van der Waals surface area contributed by atoms with Crippen LogP contribution >= 0.6 is 47.3 Å². The first-order valence-corrected chi connectivity index (χ1v) is 7.82. The monoisotopic (exact) mass is 427 g/mol. The fourth-order valence-corrected chi connectivity index (χ4v) is 1.83. The molecule has 0 spiro atoms. The van der Waals surface area contributed by atoms with Crippen LogP contribution in [0.15, 0.2) is 29.3 Å². The Bertz CT molecular complexity index is 438. The van der Waals surface area contributed by atoms with E-state index in [9.17, 15) is 0 Å². The molecule has 0 aliphatic carbocycles. The predicted molar refractivity (Wildman–Crippen MR) is 103 cm³/mol. The SMILES string of the molecule is CN=C(NCc1ccccc1Cl)NCC(C)(C)SC.I. The van der Waals surface area contributed by atoms with Gasteiger partial charge in [0.15, 0.2) is 5.96 Å². The first-order chi connectivity index (χ1) is 8.98. The van der Waals surface area contributed by atoms with E-state index in [-0.39, 0.29) is 28.7 Å². The number of benzene rings is 1. The van der Waals surface area contributed by atoms with Crippen molar-refractivity contribution in [3.05, 3.63) is 34.9 Å². The van der Waals surface area contributed by atoms with Crippen LogP contribution in [0.4, 0.5) is 0 Å². The van der Waals surface area contributed by atoms with Crippen molar-refractivity contribution in [2.75, 3.05) is 19.8 Å². The Labute approximate surface area is 148 Å². The molecule has 3 nitrogen and oxygen atoms in total. The summed E-state index contributed by atoms with van der Waals surface area (Å²) in [6.07, 6.45) is 2.11. The van der Waals surface area contributed by atoms with E-state index in [1.54, 1.807) is 7.05 Å². The van der Waals surface area contributed by atoms with E-state index in [0.717, 1.165) is 23.1 Å². The van der Waals surface area contributed by atoms with Crippen molar-refractivity contribution in [3.8, 4) is 0 Å². The van der Waals surface area contributed by atoms with Gasteiger partial charge in [-0.2, -0.15) is 11.8 Å². The molecule has 114 valence electrons. The van der Waals surface area contributed by atoms with Gasteiger partial charge in [0, 0.05) is 29.9 Å². The minimum atomic E-state index is 0. The van der Waals surface area contributed by atoms with E-state index in [0.29, 0.717) is 6.54 Å². The molecular weight excluding hydrogens is 405 g/mol. The molecule has 0 atom stereocenters. The zero-order valence-corrected chi connectivity index (χ0v) is 16.3. The van der Waals surface area contributed by atoms with Gasteiger partial charge >= 0.3 is 0 Å². The molecule has 0 bridgehead atoms. The second-order valence-corrected chi connectivity index (χ2v) is 6.76. The predicted octanol–water partition coefficient (Wildman–Crippen LogP) is 3.76. The first kappa shape index (κ1) is 19.9. The lowest BCUT2D eigenvalue weighted by molar-refractivity contribution is 0.664. The maximum atomic E-state index is 6.12. The summed E-state index contributed by atoms with van der Waals surface area (Å²) in [6.45, 7) is 5.92. The third-order valence-corrected chi connectivity index (χ3v) is 4.48. The van der Waals surface area contributed by atoms with Crippen LogP contribution < -0.4 is 10.6 Å². The molecule has 1 rings (SSSR count). The van der Waals surface area contributed by atoms with E-state index >= 15 is 0 Å². The number of nitrogens with one attached hydrogen (secondary N) is 2. The van der Waals surface area contributed by atoms with Crippen LogP contribution in [-0.4, -0.2) is 30.6 Å². The highest BCUT2D eigenvalue weighted by Crippen LogP contribution is 2.19. The quantitative estimate of drug-likeness (QED) is 0.427. The lowest BCUT2D eigenvalue weighted by Gasteiger charge is -2.23. The Hall–Kier alpha value is -0.140. The van der Waals surface area contributed by atoms with Crippen molar-refractivity contribution in [2.45, 2.75) is 25.1 Å². The molecule has 0 amide bonds. The minimum absolute atomic E-state index is 0. The number of hydrogen-bond acceptors (Lipinski definition) is 2. The highest BCUT2D eigenvalue weighted by Gasteiger charge is 2.16. The van der Waals surface area contributed by atoms with Crippen LogP contribution in [0.3, 0.4) is 0 Å². The molecular formula is C14H23ClIN3S. The lowest BCUT2D eigenvalue weighted by Crippen LogP contribution is -2.43. The zero-order chi connectivity index (χ0) is 14.3. The molecule has 2 N–H and O–H groups in total. The van der Waals surface area contributed by atoms with Gasteiger partial charge in [0.2, 0.25) is 0 Å². The summed E-state index contributed by atoms with van der Waals surface area (Å²) in [6, 6.07) is 7.82. The molecule has 1 aromatic carbocycles. The number of rotatable bonds is 5. The Morgan fingerprint density at radius 2 is 1.95 bits per heavy atom. The average molecular weight is 428 g/mol. The van der Waals surface area contributed by atoms with Crippen LogP contribution in [0.1, 0.15) is 19.4 Å². The third kappa shape index (κ3) is 7.04. The van der Waals surface area contributed by atoms with Gasteiger partial charge in [0.1, 0.15) is 0 Å². The molecule has 6 heteroatoms. The number of thioether (sulfide) groups is 1. The van der Waals surface area contributed by atoms with Crippen molar-refractivity contribution >= 4 is 53.3 Å². The Kier molecular flexibility index (Phi) is 9.67. The zero-order valence-electron chi connectivity index (χ0n) is 12.4. The van der Waals surface area contributed by atoms with Gasteiger partial charge < -0.3 is 10.6 Å². The lowest BCUT2D eigenvalue weighted by atomic mass is 10.2. The van der Waals surface area contributed by atoms with Crippen LogP contribution in [0.25, 0.3) is 0 Å². The van der Waals surface area contributed by atoms with Crippen molar-refractivity contribution in [3.63, 3.8) is 0 Å². The van der Waals surface area contributed by atoms with Gasteiger partial charge in [0.05, 0.1) is 0 Å². The van der Waals surface area contributed by atoms with E-state index in [1.807, 2.05) is 36.0 Å². The number of guanidine groups is 1. The second kappa shape index (κ2) is 9.73. The molecule has 0 aliphatic rings. The molecule has 0 aromatic heterocycles. The largest absolute Gasteiger partial charge is 0.355 e. The van der Waals surface area contributed by atoms with E-state index in [1.165, 1.54) is 0 Å². The third-order valence-electron chi connectivity index (χ3n) is 2.86. The van der Waals surface area contributed by atoms with Crippen LogP contribution in [0.5, 0.6) is 0 Å². The van der Waals surface area contributed by atoms with Gasteiger partial charge in [-0.05, 0) is 31.7 Å². The highest BCUT2D eigenvalue weighted by atomic mass is 127. The van der Waals surface area contributed by atoms with Crippen LogP contribution in [0, 0.1) is 0 Å². The van der Waals surface area contributed by atoms with E-state index < -0.39 is 0 Å². The summed E-state index contributed by atoms with van der Waals surface area (Å²) in [5.74, 6) is 0.794. The number of aliphatic imine (C=N–C) groups is 1. The Morgan fingerprint density at radius 3 is 2.50 bits per heavy atom. The summed E-state index contributed by atoms with van der Waals surface area (Å²) < 4.78 is 0.183. The molecule has 0 aliphatic heterocycles.